The van der Waals surface area contributed by atoms with Gasteiger partial charge in [-0.3, -0.25) is 4.79 Å². The zero-order valence-electron chi connectivity index (χ0n) is 18.3. The van der Waals surface area contributed by atoms with E-state index in [4.69, 9.17) is 18.9 Å². The summed E-state index contributed by atoms with van der Waals surface area (Å²) in [6, 6.07) is 0. The van der Waals surface area contributed by atoms with Crippen molar-refractivity contribution in [2.75, 3.05) is 20.8 Å². The van der Waals surface area contributed by atoms with Crippen LogP contribution in [0.2, 0.25) is 0 Å². The number of carbonyl (C=O) groups is 1. The number of ether oxygens (including phenoxy) is 4. The topological polar surface area (TPSA) is 115 Å². The molecule has 2 fully saturated rings. The van der Waals surface area contributed by atoms with Gasteiger partial charge in [0.1, 0.15) is 30.0 Å². The van der Waals surface area contributed by atoms with Gasteiger partial charge in [0.05, 0.1) is 12.2 Å². The highest BCUT2D eigenvalue weighted by Crippen LogP contribution is 2.52. The van der Waals surface area contributed by atoms with Gasteiger partial charge in [-0.25, -0.2) is 0 Å². The molecule has 0 spiro atoms. The second kappa shape index (κ2) is 9.09. The van der Waals surface area contributed by atoms with E-state index in [1.54, 1.807) is 6.08 Å². The highest BCUT2D eigenvalue weighted by molar-refractivity contribution is 5.87. The van der Waals surface area contributed by atoms with Gasteiger partial charge in [0, 0.05) is 14.2 Å². The maximum absolute atomic E-state index is 11.7. The number of hydrogen-bond acceptors (Lipinski definition) is 8. The highest BCUT2D eigenvalue weighted by Gasteiger charge is 2.58. The molecule has 0 aromatic heterocycles. The molecule has 1 saturated carbocycles. The van der Waals surface area contributed by atoms with Crippen molar-refractivity contribution >= 4 is 5.78 Å². The molecule has 0 aromatic rings. The van der Waals surface area contributed by atoms with Crippen LogP contribution in [0.4, 0.5) is 0 Å². The molecule has 8 nitrogen and oxygen atoms in total. The molecular weight excluding hydrogens is 380 g/mol. The largest absolute Gasteiger partial charge is 0.387 e. The van der Waals surface area contributed by atoms with Crippen LogP contribution < -0.4 is 0 Å². The summed E-state index contributed by atoms with van der Waals surface area (Å²) in [6.45, 7) is 7.17. The molecule has 1 aliphatic carbocycles. The molecule has 29 heavy (non-hydrogen) atoms. The van der Waals surface area contributed by atoms with E-state index < -0.39 is 47.3 Å². The van der Waals surface area contributed by atoms with Crippen LogP contribution in [0, 0.1) is 5.41 Å². The van der Waals surface area contributed by atoms with Crippen molar-refractivity contribution in [2.45, 2.75) is 88.9 Å². The van der Waals surface area contributed by atoms with Crippen LogP contribution in [0.1, 0.15) is 47.0 Å². The number of aliphatic hydroxyl groups is 3. The lowest BCUT2D eigenvalue weighted by molar-refractivity contribution is -0.311. The zero-order chi connectivity index (χ0) is 22.0. The average Bonchev–Trinajstić information content (AvgIpc) is 2.65. The van der Waals surface area contributed by atoms with Gasteiger partial charge in [0.15, 0.2) is 12.1 Å². The molecular formula is C21H36O8. The van der Waals surface area contributed by atoms with Gasteiger partial charge < -0.3 is 34.3 Å². The molecule has 1 aliphatic heterocycles. The van der Waals surface area contributed by atoms with Gasteiger partial charge in [-0.2, -0.15) is 0 Å². The fourth-order valence-corrected chi connectivity index (χ4v) is 4.58. The fourth-order valence-electron chi connectivity index (χ4n) is 4.58. The van der Waals surface area contributed by atoms with Gasteiger partial charge in [-0.1, -0.05) is 13.8 Å². The summed E-state index contributed by atoms with van der Waals surface area (Å²) in [5, 5.41) is 32.1. The standard InChI is InChI=1S/C21H36O8/c1-13(22)8-11-21(25)19(2,3)9-7-10-20(21,4)28-12-14-17(26-5)15(23)16(24)18(27-6)29-14/h8,11,14-18,23-25H,7,9-10,12H2,1-6H3. The number of allylic oxidation sites excluding steroid dienone is 1. The van der Waals surface area contributed by atoms with Crippen LogP contribution in [0.5, 0.6) is 0 Å². The first-order valence-electron chi connectivity index (χ1n) is 10.1. The molecule has 2 aliphatic rings. The van der Waals surface area contributed by atoms with Gasteiger partial charge in [-0.05, 0) is 50.7 Å². The van der Waals surface area contributed by atoms with Crippen LogP contribution in [0.25, 0.3) is 0 Å². The third kappa shape index (κ3) is 4.58. The number of rotatable bonds is 7. The zero-order valence-corrected chi connectivity index (χ0v) is 18.3. The van der Waals surface area contributed by atoms with Gasteiger partial charge in [-0.15, -0.1) is 0 Å². The van der Waals surface area contributed by atoms with Crippen molar-refractivity contribution in [3.8, 4) is 0 Å². The van der Waals surface area contributed by atoms with Crippen LogP contribution >= 0.6 is 0 Å². The Morgan fingerprint density at radius 1 is 1.14 bits per heavy atom. The van der Waals surface area contributed by atoms with E-state index in [1.165, 1.54) is 27.2 Å². The molecule has 1 heterocycles. The molecule has 1 saturated heterocycles. The first-order valence-corrected chi connectivity index (χ1v) is 10.1. The van der Waals surface area contributed by atoms with E-state index in [9.17, 15) is 20.1 Å². The molecule has 7 atom stereocenters. The molecule has 7 unspecified atom stereocenters. The number of hydrogen-bond donors (Lipinski definition) is 3. The number of aliphatic hydroxyl groups excluding tert-OH is 2. The quantitative estimate of drug-likeness (QED) is 0.526. The van der Waals surface area contributed by atoms with Crippen molar-refractivity contribution in [2.24, 2.45) is 5.41 Å². The fraction of sp³-hybridized carbons (Fsp3) is 0.857. The van der Waals surface area contributed by atoms with E-state index in [0.29, 0.717) is 6.42 Å². The summed E-state index contributed by atoms with van der Waals surface area (Å²) in [5.74, 6) is -0.155. The molecule has 0 aromatic carbocycles. The van der Waals surface area contributed by atoms with Gasteiger partial charge >= 0.3 is 0 Å². The molecule has 2 rings (SSSR count). The van der Waals surface area contributed by atoms with E-state index in [-0.39, 0.29) is 12.4 Å². The Kier molecular flexibility index (Phi) is 7.65. The van der Waals surface area contributed by atoms with Crippen LogP contribution in [-0.2, 0) is 23.7 Å². The number of ketones is 1. The lowest BCUT2D eigenvalue weighted by Gasteiger charge is -2.56. The minimum absolute atomic E-state index is 0.00491. The smallest absolute Gasteiger partial charge is 0.186 e. The third-order valence-corrected chi connectivity index (χ3v) is 6.56. The Morgan fingerprint density at radius 3 is 2.34 bits per heavy atom. The molecule has 168 valence electrons. The maximum Gasteiger partial charge on any atom is 0.186 e. The summed E-state index contributed by atoms with van der Waals surface area (Å²) in [4.78, 5) is 11.5. The second-order valence-electron chi connectivity index (χ2n) is 8.95. The summed E-state index contributed by atoms with van der Waals surface area (Å²) in [6.07, 6.45) is 0.119. The summed E-state index contributed by atoms with van der Waals surface area (Å²) < 4.78 is 22.4. The molecule has 8 heteroatoms. The Bertz CT molecular complexity index is 605. The van der Waals surface area contributed by atoms with Crippen molar-refractivity contribution < 1.29 is 39.1 Å². The molecule has 0 radical (unpaired) electrons. The van der Waals surface area contributed by atoms with E-state index >= 15 is 0 Å². The molecule has 3 N–H and O–H groups in total. The van der Waals surface area contributed by atoms with Crippen molar-refractivity contribution in [3.05, 3.63) is 12.2 Å². The average molecular weight is 417 g/mol. The van der Waals surface area contributed by atoms with E-state index in [1.807, 2.05) is 20.8 Å². The lowest BCUT2D eigenvalue weighted by Crippen LogP contribution is -2.65. The predicted molar refractivity (Wildman–Crippen MR) is 105 cm³/mol. The van der Waals surface area contributed by atoms with Gasteiger partial charge in [0.25, 0.3) is 0 Å². The normalized spacial score (nSPS) is 42.9. The van der Waals surface area contributed by atoms with E-state index in [2.05, 4.69) is 0 Å². The minimum atomic E-state index is -1.39. The highest BCUT2D eigenvalue weighted by atomic mass is 16.7. The first-order chi connectivity index (χ1) is 13.4. The third-order valence-electron chi connectivity index (χ3n) is 6.56. The first kappa shape index (κ1) is 24.4. The maximum atomic E-state index is 11.7. The Balaban J connectivity index is 2.26. The summed E-state index contributed by atoms with van der Waals surface area (Å²) in [5.41, 5.74) is -2.91. The molecule has 0 amide bonds. The van der Waals surface area contributed by atoms with Crippen molar-refractivity contribution in [1.82, 2.24) is 0 Å². The molecule has 0 bridgehead atoms. The summed E-state index contributed by atoms with van der Waals surface area (Å²) >= 11 is 0. The SMILES string of the molecule is COC1OC(COC2(C)CCCC(C)(C)C2(O)C=CC(C)=O)C(OC)C(O)C1O. The van der Waals surface area contributed by atoms with Crippen molar-refractivity contribution in [1.29, 1.82) is 0 Å². The van der Waals surface area contributed by atoms with Crippen LogP contribution in [0.3, 0.4) is 0 Å². The second-order valence-corrected chi connectivity index (χ2v) is 8.95. The lowest BCUT2D eigenvalue weighted by atomic mass is 9.58. The number of carbonyl (C=O) groups excluding carboxylic acids is 1. The monoisotopic (exact) mass is 416 g/mol. The number of methoxy groups -OCH3 is 2. The van der Waals surface area contributed by atoms with E-state index in [0.717, 1.165) is 12.8 Å². The van der Waals surface area contributed by atoms with Gasteiger partial charge in [0.2, 0.25) is 0 Å². The Labute approximate surface area is 172 Å². The van der Waals surface area contributed by atoms with Crippen molar-refractivity contribution in [3.63, 3.8) is 0 Å². The predicted octanol–water partition coefficient (Wildman–Crippen LogP) is 0.956. The minimum Gasteiger partial charge on any atom is -0.387 e. The van der Waals surface area contributed by atoms with Crippen LogP contribution in [0.15, 0.2) is 12.2 Å². The van der Waals surface area contributed by atoms with Crippen LogP contribution in [-0.4, -0.2) is 83.8 Å². The summed E-state index contributed by atoms with van der Waals surface area (Å²) in [7, 11) is 2.80. The Morgan fingerprint density at radius 2 is 1.79 bits per heavy atom. The Hall–Kier alpha value is -0.870.